The lowest BCUT2D eigenvalue weighted by atomic mass is 9.88. The molecular formula is C9H19NO2S. The van der Waals surface area contributed by atoms with Crippen molar-refractivity contribution in [2.75, 3.05) is 5.75 Å². The van der Waals surface area contributed by atoms with E-state index in [4.69, 9.17) is 0 Å². The molecule has 0 aliphatic heterocycles. The number of rotatable bonds is 3. The monoisotopic (exact) mass is 205 g/mol. The summed E-state index contributed by atoms with van der Waals surface area (Å²) in [6, 6.07) is 0.189. The third kappa shape index (κ3) is 3.65. The molecule has 0 amide bonds. The summed E-state index contributed by atoms with van der Waals surface area (Å²) in [5.41, 5.74) is 0. The maximum Gasteiger partial charge on any atom is 0.211 e. The van der Waals surface area contributed by atoms with Gasteiger partial charge in [-0.05, 0) is 25.7 Å². The van der Waals surface area contributed by atoms with E-state index in [1.54, 1.807) is 6.92 Å². The lowest BCUT2D eigenvalue weighted by Crippen LogP contribution is -2.38. The summed E-state index contributed by atoms with van der Waals surface area (Å²) < 4.78 is 25.3. The van der Waals surface area contributed by atoms with Gasteiger partial charge in [0.1, 0.15) is 0 Å². The molecule has 0 radical (unpaired) electrons. The maximum absolute atomic E-state index is 11.3. The van der Waals surface area contributed by atoms with Crippen LogP contribution in [-0.2, 0) is 10.0 Å². The Balaban J connectivity index is 2.45. The Hall–Kier alpha value is -0.0900. The fourth-order valence-electron chi connectivity index (χ4n) is 1.88. The van der Waals surface area contributed by atoms with Gasteiger partial charge in [0.2, 0.25) is 10.0 Å². The van der Waals surface area contributed by atoms with Crippen molar-refractivity contribution in [1.29, 1.82) is 0 Å². The molecule has 1 fully saturated rings. The van der Waals surface area contributed by atoms with Gasteiger partial charge in [0, 0.05) is 6.04 Å². The standard InChI is InChI=1S/C9H19NO2S/c1-3-13(11,12)10-9-6-4-5-8(2)7-9/h8-10H,3-7H2,1-2H3. The predicted octanol–water partition coefficient (Wildman–Crippen LogP) is 1.50. The van der Waals surface area contributed by atoms with Gasteiger partial charge in [0.05, 0.1) is 5.75 Å². The largest absolute Gasteiger partial charge is 0.212 e. The van der Waals surface area contributed by atoms with Gasteiger partial charge in [-0.1, -0.05) is 19.8 Å². The Morgan fingerprint density at radius 1 is 1.38 bits per heavy atom. The predicted molar refractivity (Wildman–Crippen MR) is 54.0 cm³/mol. The second kappa shape index (κ2) is 4.42. The van der Waals surface area contributed by atoms with E-state index in [0.29, 0.717) is 5.92 Å². The van der Waals surface area contributed by atoms with Gasteiger partial charge in [-0.3, -0.25) is 0 Å². The zero-order chi connectivity index (χ0) is 9.90. The molecule has 1 aliphatic rings. The first-order chi connectivity index (χ1) is 6.03. The Kier molecular flexibility index (Phi) is 3.74. The van der Waals surface area contributed by atoms with Crippen LogP contribution in [0.3, 0.4) is 0 Å². The molecule has 2 atom stereocenters. The van der Waals surface area contributed by atoms with Crippen molar-refractivity contribution < 1.29 is 8.42 Å². The molecule has 1 N–H and O–H groups in total. The molecule has 3 nitrogen and oxygen atoms in total. The minimum atomic E-state index is -2.99. The van der Waals surface area contributed by atoms with Crippen LogP contribution >= 0.6 is 0 Å². The summed E-state index contributed by atoms with van der Waals surface area (Å²) in [5.74, 6) is 0.857. The molecular weight excluding hydrogens is 186 g/mol. The van der Waals surface area contributed by atoms with Crippen LogP contribution in [0.25, 0.3) is 0 Å². The van der Waals surface area contributed by atoms with Crippen molar-refractivity contribution in [3.63, 3.8) is 0 Å². The quantitative estimate of drug-likeness (QED) is 0.759. The van der Waals surface area contributed by atoms with E-state index in [9.17, 15) is 8.42 Å². The highest BCUT2D eigenvalue weighted by Gasteiger charge is 2.22. The van der Waals surface area contributed by atoms with E-state index in [0.717, 1.165) is 19.3 Å². The van der Waals surface area contributed by atoms with Crippen molar-refractivity contribution in [2.45, 2.75) is 45.6 Å². The highest BCUT2D eigenvalue weighted by molar-refractivity contribution is 7.89. The van der Waals surface area contributed by atoms with Crippen molar-refractivity contribution in [2.24, 2.45) is 5.92 Å². The van der Waals surface area contributed by atoms with E-state index in [-0.39, 0.29) is 11.8 Å². The molecule has 13 heavy (non-hydrogen) atoms. The van der Waals surface area contributed by atoms with E-state index in [2.05, 4.69) is 11.6 Å². The Morgan fingerprint density at radius 2 is 2.08 bits per heavy atom. The fourth-order valence-corrected chi connectivity index (χ4v) is 2.77. The van der Waals surface area contributed by atoms with Crippen LogP contribution < -0.4 is 4.72 Å². The van der Waals surface area contributed by atoms with Crippen LogP contribution in [0.2, 0.25) is 0 Å². The normalized spacial score (nSPS) is 30.3. The first-order valence-electron chi connectivity index (χ1n) is 5.03. The molecule has 1 aliphatic carbocycles. The van der Waals surface area contributed by atoms with E-state index >= 15 is 0 Å². The third-order valence-corrected chi connectivity index (χ3v) is 4.12. The second-order valence-corrected chi connectivity index (χ2v) is 6.03. The highest BCUT2D eigenvalue weighted by Crippen LogP contribution is 2.23. The van der Waals surface area contributed by atoms with Crippen LogP contribution in [0.5, 0.6) is 0 Å². The van der Waals surface area contributed by atoms with E-state index in [1.165, 1.54) is 6.42 Å². The molecule has 0 aromatic carbocycles. The zero-order valence-electron chi connectivity index (χ0n) is 8.41. The molecule has 4 heteroatoms. The van der Waals surface area contributed by atoms with E-state index in [1.807, 2.05) is 0 Å². The minimum Gasteiger partial charge on any atom is -0.212 e. The summed E-state index contributed by atoms with van der Waals surface area (Å²) in [7, 11) is -2.99. The number of hydrogen-bond donors (Lipinski definition) is 1. The molecule has 0 spiro atoms. The molecule has 1 rings (SSSR count). The fraction of sp³-hybridized carbons (Fsp3) is 1.00. The zero-order valence-corrected chi connectivity index (χ0v) is 9.23. The topological polar surface area (TPSA) is 46.2 Å². The van der Waals surface area contributed by atoms with Crippen LogP contribution in [0.15, 0.2) is 0 Å². The van der Waals surface area contributed by atoms with Crippen molar-refractivity contribution >= 4 is 10.0 Å². The Morgan fingerprint density at radius 3 is 2.62 bits per heavy atom. The van der Waals surface area contributed by atoms with Gasteiger partial charge in [-0.25, -0.2) is 13.1 Å². The van der Waals surface area contributed by atoms with Crippen LogP contribution in [-0.4, -0.2) is 20.2 Å². The number of nitrogens with one attached hydrogen (secondary N) is 1. The maximum atomic E-state index is 11.3. The minimum absolute atomic E-state index is 0.189. The van der Waals surface area contributed by atoms with Crippen molar-refractivity contribution in [1.82, 2.24) is 4.72 Å². The van der Waals surface area contributed by atoms with Crippen molar-refractivity contribution in [3.05, 3.63) is 0 Å². The number of sulfonamides is 1. The number of hydrogen-bond acceptors (Lipinski definition) is 2. The molecule has 0 heterocycles. The van der Waals surface area contributed by atoms with Crippen molar-refractivity contribution in [3.8, 4) is 0 Å². The van der Waals surface area contributed by atoms with Gasteiger partial charge in [0.25, 0.3) is 0 Å². The van der Waals surface area contributed by atoms with E-state index < -0.39 is 10.0 Å². The second-order valence-electron chi connectivity index (χ2n) is 3.99. The van der Waals surface area contributed by atoms with Gasteiger partial charge in [0.15, 0.2) is 0 Å². The average molecular weight is 205 g/mol. The summed E-state index contributed by atoms with van der Waals surface area (Å²) in [4.78, 5) is 0. The van der Waals surface area contributed by atoms with Crippen LogP contribution in [0, 0.1) is 5.92 Å². The lowest BCUT2D eigenvalue weighted by molar-refractivity contribution is 0.327. The first-order valence-corrected chi connectivity index (χ1v) is 6.68. The molecule has 0 saturated heterocycles. The average Bonchev–Trinajstić information content (AvgIpc) is 2.03. The lowest BCUT2D eigenvalue weighted by Gasteiger charge is -2.26. The summed E-state index contributed by atoms with van der Waals surface area (Å²) in [6.07, 6.45) is 4.39. The molecule has 1 saturated carbocycles. The van der Waals surface area contributed by atoms with Crippen LogP contribution in [0.1, 0.15) is 39.5 Å². The summed E-state index contributed by atoms with van der Waals surface area (Å²) >= 11 is 0. The van der Waals surface area contributed by atoms with Gasteiger partial charge in [-0.2, -0.15) is 0 Å². The molecule has 0 aromatic rings. The molecule has 2 unspecified atom stereocenters. The summed E-state index contributed by atoms with van der Waals surface area (Å²) in [5, 5.41) is 0. The smallest absolute Gasteiger partial charge is 0.211 e. The van der Waals surface area contributed by atoms with Gasteiger partial charge < -0.3 is 0 Å². The Labute approximate surface area is 81.0 Å². The SMILES string of the molecule is CCS(=O)(=O)NC1CCCC(C)C1. The summed E-state index contributed by atoms with van der Waals surface area (Å²) in [6.45, 7) is 3.86. The molecule has 78 valence electrons. The molecule has 0 aromatic heterocycles. The van der Waals surface area contributed by atoms with Gasteiger partial charge in [-0.15, -0.1) is 0 Å². The van der Waals surface area contributed by atoms with Crippen LogP contribution in [0.4, 0.5) is 0 Å². The first kappa shape index (κ1) is 11.0. The van der Waals surface area contributed by atoms with Gasteiger partial charge >= 0.3 is 0 Å². The molecule has 0 bridgehead atoms. The highest BCUT2D eigenvalue weighted by atomic mass is 32.2. The Bertz CT molecular complexity index is 248. The third-order valence-electron chi connectivity index (χ3n) is 2.66.